The van der Waals surface area contributed by atoms with Crippen molar-refractivity contribution in [2.45, 2.75) is 46.0 Å². The molecule has 2 heterocycles. The van der Waals surface area contributed by atoms with Gasteiger partial charge in [0.25, 0.3) is 0 Å². The third kappa shape index (κ3) is 4.57. The smallest absolute Gasteiger partial charge is 0.230 e. The number of carbonyl (C=O) groups excluding carboxylic acids is 1. The molecule has 2 fully saturated rings. The molecule has 0 bridgehead atoms. The van der Waals surface area contributed by atoms with E-state index in [2.05, 4.69) is 10.2 Å². The van der Waals surface area contributed by atoms with Gasteiger partial charge >= 0.3 is 0 Å². The Hall–Kier alpha value is -0.320. The van der Waals surface area contributed by atoms with E-state index in [0.717, 1.165) is 32.6 Å². The molecule has 0 unspecified atom stereocenters. The fourth-order valence-electron chi connectivity index (χ4n) is 3.76. The Bertz CT molecular complexity index is 341. The number of nitrogens with zero attached hydrogens (tertiary/aromatic N) is 1. The molecule has 0 aromatic rings. The second kappa shape index (κ2) is 7.80. The van der Waals surface area contributed by atoms with E-state index in [0.29, 0.717) is 12.0 Å². The first kappa shape index (κ1) is 18.7. The molecule has 2 aliphatic rings. The summed E-state index contributed by atoms with van der Waals surface area (Å²) in [5, 5.41) is 3.45. The number of halogens is 1. The highest BCUT2D eigenvalue weighted by Gasteiger charge is 2.37. The van der Waals surface area contributed by atoms with Gasteiger partial charge in [0, 0.05) is 20.2 Å². The summed E-state index contributed by atoms with van der Waals surface area (Å²) in [5.74, 6) is 0.255. The Labute approximate surface area is 135 Å². The van der Waals surface area contributed by atoms with Crippen LogP contribution in [0.2, 0.25) is 0 Å². The van der Waals surface area contributed by atoms with Gasteiger partial charge in [-0.05, 0) is 64.5 Å². The lowest BCUT2D eigenvalue weighted by Crippen LogP contribution is -2.44. The van der Waals surface area contributed by atoms with E-state index < -0.39 is 5.41 Å². The van der Waals surface area contributed by atoms with Crippen LogP contribution in [0.25, 0.3) is 0 Å². The molecule has 4 nitrogen and oxygen atoms in total. The first-order valence-electron chi connectivity index (χ1n) is 7.98. The zero-order valence-electron chi connectivity index (χ0n) is 13.7. The van der Waals surface area contributed by atoms with Crippen LogP contribution in [-0.4, -0.2) is 50.7 Å². The summed E-state index contributed by atoms with van der Waals surface area (Å²) in [6.45, 7) is 8.60. The average molecular weight is 319 g/mol. The Balaban J connectivity index is 0.00000220. The van der Waals surface area contributed by atoms with Crippen molar-refractivity contribution in [3.63, 3.8) is 0 Å². The number of likely N-dealkylation sites (tertiary alicyclic amines) is 1. The molecule has 0 aromatic heterocycles. The second-order valence-corrected chi connectivity index (χ2v) is 7.21. The molecular formula is C16H31ClN2O2. The zero-order valence-corrected chi connectivity index (χ0v) is 14.6. The van der Waals surface area contributed by atoms with Crippen molar-refractivity contribution in [3.8, 4) is 0 Å². The summed E-state index contributed by atoms with van der Waals surface area (Å²) in [6.07, 6.45) is 6.15. The molecule has 1 amide bonds. The van der Waals surface area contributed by atoms with Gasteiger partial charge in [-0.3, -0.25) is 4.79 Å². The van der Waals surface area contributed by atoms with Crippen LogP contribution in [0.5, 0.6) is 0 Å². The Morgan fingerprint density at radius 2 is 1.86 bits per heavy atom. The Kier molecular flexibility index (Phi) is 6.95. The van der Waals surface area contributed by atoms with E-state index in [1.165, 1.54) is 25.7 Å². The lowest BCUT2D eigenvalue weighted by Gasteiger charge is -2.37. The molecule has 0 aliphatic carbocycles. The van der Waals surface area contributed by atoms with E-state index in [-0.39, 0.29) is 18.3 Å². The Morgan fingerprint density at radius 1 is 1.19 bits per heavy atom. The van der Waals surface area contributed by atoms with Gasteiger partial charge in [-0.25, -0.2) is 0 Å². The van der Waals surface area contributed by atoms with Gasteiger partial charge in [0.05, 0.1) is 12.0 Å². The van der Waals surface area contributed by atoms with Crippen LogP contribution in [0.4, 0.5) is 0 Å². The van der Waals surface area contributed by atoms with Gasteiger partial charge < -0.3 is 15.0 Å². The van der Waals surface area contributed by atoms with Crippen LogP contribution < -0.4 is 5.32 Å². The number of amides is 1. The predicted octanol–water partition coefficient (Wildman–Crippen LogP) is 2.46. The minimum Gasteiger partial charge on any atom is -0.384 e. The van der Waals surface area contributed by atoms with Crippen LogP contribution in [0.3, 0.4) is 0 Å². The average Bonchev–Trinajstić information content (AvgIpc) is 2.62. The normalized spacial score (nSPS) is 22.5. The molecule has 124 valence electrons. The van der Waals surface area contributed by atoms with Gasteiger partial charge in [0.2, 0.25) is 5.91 Å². The van der Waals surface area contributed by atoms with Crippen molar-refractivity contribution in [1.29, 1.82) is 0 Å². The highest BCUT2D eigenvalue weighted by Crippen LogP contribution is 2.40. The maximum atomic E-state index is 12.7. The molecule has 1 N–H and O–H groups in total. The highest BCUT2D eigenvalue weighted by molar-refractivity contribution is 5.85. The minimum atomic E-state index is -0.402. The fourth-order valence-corrected chi connectivity index (χ4v) is 3.76. The van der Waals surface area contributed by atoms with Gasteiger partial charge in [-0.2, -0.15) is 0 Å². The van der Waals surface area contributed by atoms with E-state index >= 15 is 0 Å². The number of rotatable bonds is 3. The Morgan fingerprint density at radius 3 is 2.48 bits per heavy atom. The summed E-state index contributed by atoms with van der Waals surface area (Å²) >= 11 is 0. The molecule has 2 aliphatic heterocycles. The topological polar surface area (TPSA) is 41.6 Å². The number of nitrogens with one attached hydrogen (secondary N) is 1. The highest BCUT2D eigenvalue weighted by atomic mass is 35.5. The number of carbonyl (C=O) groups is 1. The zero-order chi connectivity index (χ0) is 14.6. The largest absolute Gasteiger partial charge is 0.384 e. The third-order valence-corrected chi connectivity index (χ3v) is 5.08. The summed E-state index contributed by atoms with van der Waals surface area (Å²) in [6, 6.07) is 0. The number of hydrogen-bond donors (Lipinski definition) is 1. The van der Waals surface area contributed by atoms with Crippen LogP contribution in [-0.2, 0) is 9.53 Å². The lowest BCUT2D eigenvalue weighted by molar-refractivity contribution is -0.143. The quantitative estimate of drug-likeness (QED) is 0.869. The van der Waals surface area contributed by atoms with Crippen molar-refractivity contribution in [3.05, 3.63) is 0 Å². The molecule has 1 spiro atoms. The van der Waals surface area contributed by atoms with Crippen molar-refractivity contribution in [2.24, 2.45) is 10.8 Å². The summed E-state index contributed by atoms with van der Waals surface area (Å²) in [5.41, 5.74) is 0.0893. The minimum absolute atomic E-state index is 0. The van der Waals surface area contributed by atoms with Crippen molar-refractivity contribution >= 4 is 18.3 Å². The maximum absolute atomic E-state index is 12.7. The SMILES string of the molecule is COCC(C)(C)C(=O)N1CCCC2(CCNCC2)CC1.Cl. The second-order valence-electron chi connectivity index (χ2n) is 7.21. The molecule has 2 rings (SSSR count). The number of hydrogen-bond acceptors (Lipinski definition) is 3. The monoisotopic (exact) mass is 318 g/mol. The van der Waals surface area contributed by atoms with Gasteiger partial charge in [-0.15, -0.1) is 12.4 Å². The van der Waals surface area contributed by atoms with Gasteiger partial charge in [-0.1, -0.05) is 0 Å². The molecule has 2 saturated heterocycles. The number of ether oxygens (including phenoxy) is 1. The maximum Gasteiger partial charge on any atom is 0.230 e. The van der Waals surface area contributed by atoms with Crippen LogP contribution in [0.15, 0.2) is 0 Å². The summed E-state index contributed by atoms with van der Waals surface area (Å²) in [4.78, 5) is 14.7. The van der Waals surface area contributed by atoms with E-state index in [1.807, 2.05) is 13.8 Å². The molecule has 0 aromatic carbocycles. The molecule has 5 heteroatoms. The van der Waals surface area contributed by atoms with Crippen molar-refractivity contribution < 1.29 is 9.53 Å². The van der Waals surface area contributed by atoms with Crippen molar-refractivity contribution in [2.75, 3.05) is 39.9 Å². The number of piperidine rings is 1. The van der Waals surface area contributed by atoms with E-state index in [9.17, 15) is 4.79 Å². The molecule has 0 saturated carbocycles. The third-order valence-electron chi connectivity index (χ3n) is 5.08. The van der Waals surface area contributed by atoms with Gasteiger partial charge in [0.15, 0.2) is 0 Å². The fraction of sp³-hybridized carbons (Fsp3) is 0.938. The van der Waals surface area contributed by atoms with Crippen LogP contribution >= 0.6 is 12.4 Å². The lowest BCUT2D eigenvalue weighted by atomic mass is 9.73. The molecule has 0 radical (unpaired) electrons. The standard InChI is InChI=1S/C16H30N2O2.ClH/c1-15(2,13-20-3)14(19)18-11-4-5-16(8-12-18)6-9-17-10-7-16;/h17H,4-13H2,1-3H3;1H. The van der Waals surface area contributed by atoms with E-state index in [4.69, 9.17) is 4.74 Å². The molecule has 21 heavy (non-hydrogen) atoms. The van der Waals surface area contributed by atoms with Crippen molar-refractivity contribution in [1.82, 2.24) is 10.2 Å². The first-order valence-corrected chi connectivity index (χ1v) is 7.98. The van der Waals surface area contributed by atoms with Gasteiger partial charge in [0.1, 0.15) is 0 Å². The van der Waals surface area contributed by atoms with Crippen LogP contribution in [0.1, 0.15) is 46.0 Å². The molecule has 0 atom stereocenters. The number of methoxy groups -OCH3 is 1. The predicted molar refractivity (Wildman–Crippen MR) is 87.9 cm³/mol. The van der Waals surface area contributed by atoms with Crippen LogP contribution in [0, 0.1) is 10.8 Å². The van der Waals surface area contributed by atoms with E-state index in [1.54, 1.807) is 7.11 Å². The summed E-state index contributed by atoms with van der Waals surface area (Å²) in [7, 11) is 1.67. The molecular weight excluding hydrogens is 288 g/mol. The first-order chi connectivity index (χ1) is 9.49. The summed E-state index contributed by atoms with van der Waals surface area (Å²) < 4.78 is 5.20.